The molecule has 0 radical (unpaired) electrons. The Labute approximate surface area is 115 Å². The maximum atomic E-state index is 11.4. The van der Waals surface area contributed by atoms with Crippen LogP contribution in [0.3, 0.4) is 0 Å². The normalized spacial score (nSPS) is 9.83. The van der Waals surface area contributed by atoms with E-state index in [1.807, 2.05) is 18.4 Å². The lowest BCUT2D eigenvalue weighted by Crippen LogP contribution is -2.42. The molecule has 0 atom stereocenters. The van der Waals surface area contributed by atoms with Crippen molar-refractivity contribution >= 4 is 40.4 Å². The average Bonchev–Trinajstić information content (AvgIpc) is 2.80. The Morgan fingerprint density at radius 2 is 2.06 bits per heavy atom. The molecule has 0 unspecified atom stereocenters. The molecule has 0 saturated carbocycles. The summed E-state index contributed by atoms with van der Waals surface area (Å²) in [6, 6.07) is 2.01. The Kier molecular flexibility index (Phi) is 5.73. The molecule has 0 spiro atoms. The summed E-state index contributed by atoms with van der Waals surface area (Å²) in [6.07, 6.45) is 0.905. The van der Waals surface area contributed by atoms with Crippen LogP contribution in [0.2, 0.25) is 0 Å². The number of hydrogen-bond donors (Lipinski definition) is 3. The van der Waals surface area contributed by atoms with E-state index in [0.717, 1.165) is 11.3 Å². The minimum Gasteiger partial charge on any atom is -0.392 e. The van der Waals surface area contributed by atoms with Gasteiger partial charge in [-0.15, -0.1) is 11.3 Å². The molecule has 0 bridgehead atoms. The van der Waals surface area contributed by atoms with Crippen LogP contribution in [0.4, 0.5) is 0 Å². The molecular weight excluding hydrogens is 270 g/mol. The van der Waals surface area contributed by atoms with Crippen LogP contribution < -0.4 is 16.4 Å². The van der Waals surface area contributed by atoms with Gasteiger partial charge in [-0.2, -0.15) is 0 Å². The van der Waals surface area contributed by atoms with Crippen LogP contribution in [0, 0.1) is 0 Å². The van der Waals surface area contributed by atoms with Gasteiger partial charge in [0.25, 0.3) is 0 Å². The SMILES string of the molecule is CCc1ccsc1CNC(=O)C(=O)NCC(N)=S. The highest BCUT2D eigenvalue weighted by atomic mass is 32.1. The number of carbonyl (C=O) groups is 2. The molecule has 1 rings (SSSR count). The minimum absolute atomic E-state index is 0.0286. The van der Waals surface area contributed by atoms with Gasteiger partial charge in [-0.1, -0.05) is 19.1 Å². The number of nitrogens with one attached hydrogen (secondary N) is 2. The van der Waals surface area contributed by atoms with Crippen molar-refractivity contribution in [3.63, 3.8) is 0 Å². The molecule has 0 aromatic carbocycles. The van der Waals surface area contributed by atoms with E-state index in [1.165, 1.54) is 5.56 Å². The molecule has 0 fully saturated rings. The molecule has 1 heterocycles. The summed E-state index contributed by atoms with van der Waals surface area (Å²) in [6.45, 7) is 2.43. The monoisotopic (exact) mass is 285 g/mol. The van der Waals surface area contributed by atoms with Crippen molar-refractivity contribution < 1.29 is 9.59 Å². The number of amides is 2. The van der Waals surface area contributed by atoms with Gasteiger partial charge < -0.3 is 16.4 Å². The zero-order chi connectivity index (χ0) is 13.5. The molecule has 5 nitrogen and oxygen atoms in total. The van der Waals surface area contributed by atoms with E-state index in [4.69, 9.17) is 5.73 Å². The molecule has 0 aliphatic heterocycles. The van der Waals surface area contributed by atoms with Gasteiger partial charge in [0.1, 0.15) is 0 Å². The van der Waals surface area contributed by atoms with E-state index in [2.05, 4.69) is 22.9 Å². The maximum Gasteiger partial charge on any atom is 0.309 e. The second kappa shape index (κ2) is 7.07. The van der Waals surface area contributed by atoms with Crippen molar-refractivity contribution in [3.05, 3.63) is 21.9 Å². The number of thiophene rings is 1. The Hall–Kier alpha value is -1.47. The first-order chi connectivity index (χ1) is 8.54. The predicted octanol–water partition coefficient (Wildman–Crippen LogP) is 0.329. The summed E-state index contributed by atoms with van der Waals surface area (Å²) in [5.74, 6) is -1.40. The lowest BCUT2D eigenvalue weighted by molar-refractivity contribution is -0.139. The molecule has 18 heavy (non-hydrogen) atoms. The Morgan fingerprint density at radius 1 is 1.39 bits per heavy atom. The topological polar surface area (TPSA) is 84.2 Å². The number of carbonyl (C=O) groups excluding carboxylic acids is 2. The second-order valence-corrected chi connectivity index (χ2v) is 5.08. The minimum atomic E-state index is -0.725. The fraction of sp³-hybridized carbons (Fsp3) is 0.364. The third kappa shape index (κ3) is 4.42. The van der Waals surface area contributed by atoms with Crippen LogP contribution >= 0.6 is 23.6 Å². The van der Waals surface area contributed by atoms with Gasteiger partial charge in [-0.3, -0.25) is 9.59 Å². The van der Waals surface area contributed by atoms with Crippen LogP contribution in [-0.4, -0.2) is 23.3 Å². The standard InChI is InChI=1S/C11H15N3O2S2/c1-2-7-3-4-18-8(7)5-13-10(15)11(16)14-6-9(12)17/h3-4H,2,5-6H2,1H3,(H2,12,17)(H,13,15)(H,14,16). The summed E-state index contributed by atoms with van der Waals surface area (Å²) in [5, 5.41) is 6.85. The fourth-order valence-electron chi connectivity index (χ4n) is 1.33. The molecule has 4 N–H and O–H groups in total. The number of rotatable bonds is 5. The first kappa shape index (κ1) is 14.6. The van der Waals surface area contributed by atoms with E-state index < -0.39 is 11.8 Å². The first-order valence-corrected chi connectivity index (χ1v) is 6.73. The smallest absolute Gasteiger partial charge is 0.309 e. The van der Waals surface area contributed by atoms with Gasteiger partial charge in [0.2, 0.25) is 0 Å². The lowest BCUT2D eigenvalue weighted by Gasteiger charge is -2.06. The van der Waals surface area contributed by atoms with Gasteiger partial charge in [-0.05, 0) is 23.4 Å². The summed E-state index contributed by atoms with van der Waals surface area (Å²) >= 11 is 6.15. The van der Waals surface area contributed by atoms with E-state index in [1.54, 1.807) is 11.3 Å². The molecule has 0 aliphatic rings. The number of nitrogens with two attached hydrogens (primary N) is 1. The van der Waals surface area contributed by atoms with Crippen molar-refractivity contribution in [2.24, 2.45) is 5.73 Å². The van der Waals surface area contributed by atoms with Gasteiger partial charge in [0, 0.05) is 4.88 Å². The van der Waals surface area contributed by atoms with Crippen molar-refractivity contribution in [1.29, 1.82) is 0 Å². The van der Waals surface area contributed by atoms with Crippen LogP contribution in [0.5, 0.6) is 0 Å². The Bertz CT molecular complexity index is 457. The van der Waals surface area contributed by atoms with E-state index in [-0.39, 0.29) is 11.5 Å². The summed E-state index contributed by atoms with van der Waals surface area (Å²) in [5.41, 5.74) is 6.40. The fourth-order valence-corrected chi connectivity index (χ4v) is 2.31. The van der Waals surface area contributed by atoms with Crippen LogP contribution in [0.15, 0.2) is 11.4 Å². The van der Waals surface area contributed by atoms with Crippen LogP contribution in [0.25, 0.3) is 0 Å². The molecule has 2 amide bonds. The van der Waals surface area contributed by atoms with Crippen molar-refractivity contribution in [1.82, 2.24) is 10.6 Å². The highest BCUT2D eigenvalue weighted by molar-refractivity contribution is 7.80. The highest BCUT2D eigenvalue weighted by Gasteiger charge is 2.13. The van der Waals surface area contributed by atoms with Gasteiger partial charge in [0.05, 0.1) is 18.1 Å². The third-order valence-electron chi connectivity index (χ3n) is 2.26. The van der Waals surface area contributed by atoms with E-state index in [9.17, 15) is 9.59 Å². The van der Waals surface area contributed by atoms with Gasteiger partial charge in [-0.25, -0.2) is 0 Å². The van der Waals surface area contributed by atoms with Crippen molar-refractivity contribution in [2.75, 3.05) is 6.54 Å². The van der Waals surface area contributed by atoms with Crippen molar-refractivity contribution in [2.45, 2.75) is 19.9 Å². The molecule has 1 aromatic heterocycles. The zero-order valence-electron chi connectivity index (χ0n) is 9.99. The predicted molar refractivity (Wildman–Crippen MR) is 75.3 cm³/mol. The summed E-state index contributed by atoms with van der Waals surface area (Å²) < 4.78 is 0. The summed E-state index contributed by atoms with van der Waals surface area (Å²) in [7, 11) is 0. The molecule has 1 aromatic rings. The Morgan fingerprint density at radius 3 is 2.67 bits per heavy atom. The number of hydrogen-bond acceptors (Lipinski definition) is 4. The average molecular weight is 285 g/mol. The Balaban J connectivity index is 2.41. The van der Waals surface area contributed by atoms with Crippen LogP contribution in [-0.2, 0) is 22.6 Å². The van der Waals surface area contributed by atoms with E-state index in [0.29, 0.717) is 6.54 Å². The van der Waals surface area contributed by atoms with Gasteiger partial charge >= 0.3 is 11.8 Å². The zero-order valence-corrected chi connectivity index (χ0v) is 11.6. The first-order valence-electron chi connectivity index (χ1n) is 5.44. The lowest BCUT2D eigenvalue weighted by atomic mass is 10.2. The molecule has 0 saturated heterocycles. The quantitative estimate of drug-likeness (QED) is 0.538. The van der Waals surface area contributed by atoms with Crippen molar-refractivity contribution in [3.8, 4) is 0 Å². The van der Waals surface area contributed by atoms with E-state index >= 15 is 0 Å². The second-order valence-electron chi connectivity index (χ2n) is 3.55. The largest absolute Gasteiger partial charge is 0.392 e. The molecule has 0 aliphatic carbocycles. The number of thiocarbonyl (C=S) groups is 1. The summed E-state index contributed by atoms with van der Waals surface area (Å²) in [4.78, 5) is 24.0. The molecule has 7 heteroatoms. The molecule has 98 valence electrons. The van der Waals surface area contributed by atoms with Crippen LogP contribution in [0.1, 0.15) is 17.4 Å². The highest BCUT2D eigenvalue weighted by Crippen LogP contribution is 2.16. The van der Waals surface area contributed by atoms with Gasteiger partial charge in [0.15, 0.2) is 0 Å². The number of aryl methyl sites for hydroxylation is 1. The molecular formula is C11H15N3O2S2. The third-order valence-corrected chi connectivity index (χ3v) is 3.37. The maximum absolute atomic E-state index is 11.4.